The van der Waals surface area contributed by atoms with E-state index in [1.165, 1.54) is 5.56 Å². The van der Waals surface area contributed by atoms with Crippen LogP contribution in [0.25, 0.3) is 0 Å². The van der Waals surface area contributed by atoms with E-state index in [9.17, 15) is 9.59 Å². The number of benzene rings is 2. The Hall–Kier alpha value is -2.17. The van der Waals surface area contributed by atoms with Crippen LogP contribution in [-0.4, -0.2) is 36.2 Å². The van der Waals surface area contributed by atoms with E-state index in [2.05, 4.69) is 36.5 Å². The van der Waals surface area contributed by atoms with Crippen LogP contribution in [0, 0.1) is 0 Å². The Labute approximate surface area is 167 Å². The Balaban J connectivity index is 0.00000261. The highest BCUT2D eigenvalue weighted by molar-refractivity contribution is 5.97. The second-order valence-corrected chi connectivity index (χ2v) is 6.69. The van der Waals surface area contributed by atoms with Crippen molar-refractivity contribution in [2.75, 3.05) is 19.6 Å². The van der Waals surface area contributed by atoms with Gasteiger partial charge >= 0.3 is 0 Å². The van der Waals surface area contributed by atoms with Gasteiger partial charge in [-0.15, -0.1) is 12.4 Å². The largest absolute Gasteiger partial charge is 0.333 e. The number of carbonyl (C=O) groups is 2. The number of hydrogen-bond donors (Lipinski definition) is 1. The fraction of sp³-hybridized carbons (Fsp3) is 0.364. The van der Waals surface area contributed by atoms with E-state index in [4.69, 9.17) is 0 Å². The van der Waals surface area contributed by atoms with Crippen LogP contribution in [0.4, 0.5) is 0 Å². The summed E-state index contributed by atoms with van der Waals surface area (Å²) in [7, 11) is 0. The summed E-state index contributed by atoms with van der Waals surface area (Å²) in [4.78, 5) is 27.0. The molecule has 0 spiro atoms. The molecule has 1 heterocycles. The average Bonchev–Trinajstić information content (AvgIpc) is 2.72. The summed E-state index contributed by atoms with van der Waals surface area (Å²) < 4.78 is 0. The lowest BCUT2D eigenvalue weighted by atomic mass is 10.00. The van der Waals surface area contributed by atoms with E-state index in [1.807, 2.05) is 23.1 Å². The highest BCUT2D eigenvalue weighted by Gasteiger charge is 2.27. The van der Waals surface area contributed by atoms with Crippen LogP contribution in [-0.2, 0) is 11.2 Å². The van der Waals surface area contributed by atoms with Crippen molar-refractivity contribution in [3.8, 4) is 0 Å². The molecular formula is C22H27ClN2O2. The molecule has 2 aromatic rings. The van der Waals surface area contributed by atoms with Crippen LogP contribution in [0.5, 0.6) is 0 Å². The first-order valence-corrected chi connectivity index (χ1v) is 9.36. The minimum atomic E-state index is 0. The molecule has 2 aromatic carbocycles. The molecule has 144 valence electrons. The van der Waals surface area contributed by atoms with Crippen LogP contribution in [0.1, 0.15) is 47.3 Å². The summed E-state index contributed by atoms with van der Waals surface area (Å²) >= 11 is 0. The number of amides is 1. The summed E-state index contributed by atoms with van der Waals surface area (Å²) in [5.74, 6) is 0.0817. The smallest absolute Gasteiger partial charge is 0.223 e. The van der Waals surface area contributed by atoms with Crippen LogP contribution >= 0.6 is 12.4 Å². The molecule has 0 saturated carbocycles. The molecule has 1 unspecified atom stereocenters. The normalized spacial score (nSPS) is 16.5. The van der Waals surface area contributed by atoms with Crippen molar-refractivity contribution in [1.82, 2.24) is 10.2 Å². The van der Waals surface area contributed by atoms with E-state index in [1.54, 1.807) is 12.1 Å². The predicted molar refractivity (Wildman–Crippen MR) is 110 cm³/mol. The second kappa shape index (κ2) is 10.2. The van der Waals surface area contributed by atoms with Crippen LogP contribution in [0.3, 0.4) is 0 Å². The number of piperazine rings is 1. The first-order valence-electron chi connectivity index (χ1n) is 9.36. The molecular weight excluding hydrogens is 360 g/mol. The third-order valence-corrected chi connectivity index (χ3v) is 5.00. The van der Waals surface area contributed by atoms with Crippen molar-refractivity contribution in [3.63, 3.8) is 0 Å². The minimum Gasteiger partial charge on any atom is -0.333 e. The fourth-order valence-electron chi connectivity index (χ4n) is 3.41. The molecule has 0 radical (unpaired) electrons. The Kier molecular flexibility index (Phi) is 8.01. The molecule has 0 aliphatic carbocycles. The maximum absolute atomic E-state index is 12.8. The van der Waals surface area contributed by atoms with Gasteiger partial charge in [0.05, 0.1) is 6.04 Å². The molecule has 1 aliphatic heterocycles. The van der Waals surface area contributed by atoms with Crippen molar-refractivity contribution in [1.29, 1.82) is 0 Å². The fourth-order valence-corrected chi connectivity index (χ4v) is 3.41. The SMILES string of the molecule is CCc1ccc(C2CNCCN2C(=O)CCC(=O)c2ccccc2)cc1.Cl. The molecule has 1 aliphatic rings. The maximum Gasteiger partial charge on any atom is 0.223 e. The Morgan fingerprint density at radius 1 is 1.04 bits per heavy atom. The van der Waals surface area contributed by atoms with E-state index < -0.39 is 0 Å². The maximum atomic E-state index is 12.8. The van der Waals surface area contributed by atoms with Gasteiger partial charge < -0.3 is 10.2 Å². The first kappa shape index (κ1) is 21.1. The number of nitrogens with zero attached hydrogens (tertiary/aromatic N) is 1. The Morgan fingerprint density at radius 2 is 1.74 bits per heavy atom. The number of nitrogens with one attached hydrogen (secondary N) is 1. The molecule has 4 nitrogen and oxygen atoms in total. The van der Waals surface area contributed by atoms with E-state index in [0.717, 1.165) is 25.1 Å². The van der Waals surface area contributed by atoms with Crippen molar-refractivity contribution in [2.45, 2.75) is 32.2 Å². The lowest BCUT2D eigenvalue weighted by molar-refractivity contribution is -0.134. The van der Waals surface area contributed by atoms with Crippen molar-refractivity contribution >= 4 is 24.1 Å². The number of ketones is 1. The van der Waals surface area contributed by atoms with Crippen molar-refractivity contribution in [2.24, 2.45) is 0 Å². The number of rotatable bonds is 6. The summed E-state index contributed by atoms with van der Waals surface area (Å²) in [6, 6.07) is 17.7. The zero-order valence-corrected chi connectivity index (χ0v) is 16.5. The summed E-state index contributed by atoms with van der Waals surface area (Å²) in [6.45, 7) is 4.36. The lowest BCUT2D eigenvalue weighted by Crippen LogP contribution is -2.48. The molecule has 1 atom stereocenters. The standard InChI is InChI=1S/C22H26N2O2.ClH/c1-2-17-8-10-18(11-9-17)20-16-23-14-15-24(20)22(26)13-12-21(25)19-6-4-3-5-7-19;/h3-11,20,23H,2,12-16H2,1H3;1H. The zero-order chi connectivity index (χ0) is 18.4. The van der Waals surface area contributed by atoms with E-state index in [0.29, 0.717) is 12.1 Å². The number of Topliss-reactive ketones (excluding diaryl/α,β-unsaturated/α-hetero) is 1. The number of aryl methyl sites for hydroxylation is 1. The van der Waals surface area contributed by atoms with E-state index >= 15 is 0 Å². The molecule has 0 bridgehead atoms. The number of carbonyl (C=O) groups excluding carboxylic acids is 2. The van der Waals surface area contributed by atoms with Gasteiger partial charge in [-0.1, -0.05) is 61.5 Å². The molecule has 5 heteroatoms. The number of hydrogen-bond acceptors (Lipinski definition) is 3. The topological polar surface area (TPSA) is 49.4 Å². The number of halogens is 1. The minimum absolute atomic E-state index is 0. The molecule has 1 saturated heterocycles. The molecule has 1 amide bonds. The van der Waals surface area contributed by atoms with Gasteiger partial charge in [0.25, 0.3) is 0 Å². The highest BCUT2D eigenvalue weighted by Crippen LogP contribution is 2.24. The summed E-state index contributed by atoms with van der Waals surface area (Å²) in [5.41, 5.74) is 3.12. The average molecular weight is 387 g/mol. The van der Waals surface area contributed by atoms with Crippen molar-refractivity contribution in [3.05, 3.63) is 71.3 Å². The van der Waals surface area contributed by atoms with Gasteiger partial charge in [0.2, 0.25) is 5.91 Å². The van der Waals surface area contributed by atoms with Gasteiger partial charge in [0.15, 0.2) is 5.78 Å². The van der Waals surface area contributed by atoms with Crippen LogP contribution in [0.15, 0.2) is 54.6 Å². The third kappa shape index (κ3) is 5.41. The van der Waals surface area contributed by atoms with Gasteiger partial charge in [-0.25, -0.2) is 0 Å². The molecule has 3 rings (SSSR count). The molecule has 0 aromatic heterocycles. The summed E-state index contributed by atoms with van der Waals surface area (Å²) in [6.07, 6.45) is 1.53. The first-order chi connectivity index (χ1) is 12.7. The lowest BCUT2D eigenvalue weighted by Gasteiger charge is -2.36. The third-order valence-electron chi connectivity index (χ3n) is 5.00. The second-order valence-electron chi connectivity index (χ2n) is 6.69. The van der Waals surface area contributed by atoms with Gasteiger partial charge in [-0.3, -0.25) is 9.59 Å². The molecule has 27 heavy (non-hydrogen) atoms. The van der Waals surface area contributed by atoms with Gasteiger partial charge in [0, 0.05) is 38.0 Å². The van der Waals surface area contributed by atoms with Gasteiger partial charge in [-0.2, -0.15) is 0 Å². The van der Waals surface area contributed by atoms with Gasteiger partial charge in [0.1, 0.15) is 0 Å². The zero-order valence-electron chi connectivity index (χ0n) is 15.7. The quantitative estimate of drug-likeness (QED) is 0.768. The van der Waals surface area contributed by atoms with E-state index in [-0.39, 0.29) is 43.0 Å². The van der Waals surface area contributed by atoms with Crippen LogP contribution < -0.4 is 5.32 Å². The molecule has 1 N–H and O–H groups in total. The Bertz CT molecular complexity index is 747. The highest BCUT2D eigenvalue weighted by atomic mass is 35.5. The van der Waals surface area contributed by atoms with Crippen LogP contribution in [0.2, 0.25) is 0 Å². The summed E-state index contributed by atoms with van der Waals surface area (Å²) in [5, 5.41) is 3.38. The monoisotopic (exact) mass is 386 g/mol. The molecule has 1 fully saturated rings. The Morgan fingerprint density at radius 3 is 2.41 bits per heavy atom. The predicted octanol–water partition coefficient (Wildman–Crippen LogP) is 3.81. The van der Waals surface area contributed by atoms with Gasteiger partial charge in [-0.05, 0) is 17.5 Å². The van der Waals surface area contributed by atoms with Crippen molar-refractivity contribution < 1.29 is 9.59 Å².